The van der Waals surface area contributed by atoms with Crippen molar-refractivity contribution in [3.63, 3.8) is 0 Å². The molecule has 0 aliphatic carbocycles. The Labute approximate surface area is 148 Å². The first kappa shape index (κ1) is 17.6. The Morgan fingerprint density at radius 3 is 2.56 bits per heavy atom. The fourth-order valence-electron chi connectivity index (χ4n) is 3.05. The number of hydrogen-bond acceptors (Lipinski definition) is 3. The van der Waals surface area contributed by atoms with Crippen LogP contribution in [0.3, 0.4) is 0 Å². The molecule has 0 radical (unpaired) electrons. The SMILES string of the molecule is O=C(CNS(=O)(=O)CCCc1ccccc1)N1CCc2ccccc21. The lowest BCUT2D eigenvalue weighted by Gasteiger charge is -2.17. The maximum Gasteiger partial charge on any atom is 0.242 e. The zero-order valence-electron chi connectivity index (χ0n) is 14.0. The number of hydrogen-bond donors (Lipinski definition) is 1. The first-order valence-corrected chi connectivity index (χ1v) is 10.1. The van der Waals surface area contributed by atoms with Crippen molar-refractivity contribution in [2.24, 2.45) is 0 Å². The summed E-state index contributed by atoms with van der Waals surface area (Å²) >= 11 is 0. The number of rotatable bonds is 7. The van der Waals surface area contributed by atoms with E-state index >= 15 is 0 Å². The van der Waals surface area contributed by atoms with E-state index in [1.54, 1.807) is 4.90 Å². The van der Waals surface area contributed by atoms with Crippen LogP contribution in [0.15, 0.2) is 54.6 Å². The van der Waals surface area contributed by atoms with Gasteiger partial charge in [0.15, 0.2) is 0 Å². The number of benzene rings is 2. The molecule has 0 fully saturated rings. The Morgan fingerprint density at radius 1 is 1.04 bits per heavy atom. The van der Waals surface area contributed by atoms with E-state index in [1.807, 2.05) is 54.6 Å². The Hall–Kier alpha value is -2.18. The molecule has 0 bridgehead atoms. The first-order chi connectivity index (χ1) is 12.1. The average molecular weight is 358 g/mol. The second kappa shape index (κ2) is 7.80. The highest BCUT2D eigenvalue weighted by atomic mass is 32.2. The number of amides is 1. The van der Waals surface area contributed by atoms with Gasteiger partial charge in [-0.25, -0.2) is 13.1 Å². The predicted octanol–water partition coefficient (Wildman–Crippen LogP) is 2.13. The van der Waals surface area contributed by atoms with Crippen LogP contribution in [0.25, 0.3) is 0 Å². The van der Waals surface area contributed by atoms with Crippen LogP contribution in [-0.4, -0.2) is 33.2 Å². The van der Waals surface area contributed by atoms with E-state index in [1.165, 1.54) is 0 Å². The molecule has 1 aliphatic rings. The standard InChI is InChI=1S/C19H22N2O3S/c22-19(21-13-12-17-10-4-5-11-18(17)21)15-20-25(23,24)14-6-9-16-7-2-1-3-8-16/h1-5,7-8,10-11,20H,6,9,12-15H2. The molecular weight excluding hydrogens is 336 g/mol. The minimum absolute atomic E-state index is 0.0196. The van der Waals surface area contributed by atoms with Gasteiger partial charge in [-0.15, -0.1) is 0 Å². The summed E-state index contributed by atoms with van der Waals surface area (Å²) < 4.78 is 26.6. The molecule has 0 spiro atoms. The van der Waals surface area contributed by atoms with E-state index in [-0.39, 0.29) is 18.2 Å². The van der Waals surface area contributed by atoms with Gasteiger partial charge >= 0.3 is 0 Å². The number of anilines is 1. The minimum Gasteiger partial charge on any atom is -0.311 e. The van der Waals surface area contributed by atoms with Gasteiger partial charge in [0, 0.05) is 12.2 Å². The summed E-state index contributed by atoms with van der Waals surface area (Å²) in [6, 6.07) is 17.5. The van der Waals surface area contributed by atoms with E-state index in [0.717, 1.165) is 23.2 Å². The topological polar surface area (TPSA) is 66.5 Å². The van der Waals surface area contributed by atoms with E-state index in [2.05, 4.69) is 4.72 Å². The number of aryl methyl sites for hydroxylation is 1. The van der Waals surface area contributed by atoms with Gasteiger partial charge in [-0.1, -0.05) is 48.5 Å². The van der Waals surface area contributed by atoms with E-state index in [0.29, 0.717) is 19.4 Å². The molecule has 1 aliphatic heterocycles. The molecule has 0 atom stereocenters. The Morgan fingerprint density at radius 2 is 1.76 bits per heavy atom. The predicted molar refractivity (Wildman–Crippen MR) is 99.1 cm³/mol. The second-order valence-electron chi connectivity index (χ2n) is 6.15. The van der Waals surface area contributed by atoms with Gasteiger partial charge in [-0.05, 0) is 36.5 Å². The highest BCUT2D eigenvalue weighted by molar-refractivity contribution is 7.89. The summed E-state index contributed by atoms with van der Waals surface area (Å²) in [5, 5.41) is 0. The summed E-state index contributed by atoms with van der Waals surface area (Å²) in [6.07, 6.45) is 2.04. The lowest BCUT2D eigenvalue weighted by Crippen LogP contribution is -2.40. The lowest BCUT2D eigenvalue weighted by molar-refractivity contribution is -0.117. The van der Waals surface area contributed by atoms with Crippen molar-refractivity contribution in [2.45, 2.75) is 19.3 Å². The van der Waals surface area contributed by atoms with Crippen LogP contribution in [-0.2, 0) is 27.7 Å². The number of carbonyl (C=O) groups excluding carboxylic acids is 1. The molecule has 0 saturated heterocycles. The first-order valence-electron chi connectivity index (χ1n) is 8.45. The minimum atomic E-state index is -3.45. The molecule has 0 unspecified atom stereocenters. The number of carbonyl (C=O) groups is 1. The molecule has 2 aromatic carbocycles. The van der Waals surface area contributed by atoms with Gasteiger partial charge < -0.3 is 4.90 Å². The molecule has 1 N–H and O–H groups in total. The van der Waals surface area contributed by atoms with Gasteiger partial charge in [0.2, 0.25) is 15.9 Å². The van der Waals surface area contributed by atoms with Crippen LogP contribution in [0, 0.1) is 0 Å². The third kappa shape index (κ3) is 4.67. The molecule has 2 aromatic rings. The van der Waals surface area contributed by atoms with Gasteiger partial charge in [0.1, 0.15) is 0 Å². The molecule has 0 saturated carbocycles. The molecular formula is C19H22N2O3S. The maximum atomic E-state index is 12.3. The van der Waals surface area contributed by atoms with Crippen LogP contribution in [0.2, 0.25) is 0 Å². The summed E-state index contributed by atoms with van der Waals surface area (Å²) in [7, 11) is -3.45. The molecule has 25 heavy (non-hydrogen) atoms. The Kier molecular flexibility index (Phi) is 5.50. The Balaban J connectivity index is 1.48. The van der Waals surface area contributed by atoms with Crippen molar-refractivity contribution in [3.8, 4) is 0 Å². The lowest BCUT2D eigenvalue weighted by atomic mass is 10.1. The third-order valence-corrected chi connectivity index (χ3v) is 5.76. The van der Waals surface area contributed by atoms with Crippen LogP contribution in [0.4, 0.5) is 5.69 Å². The fraction of sp³-hybridized carbons (Fsp3) is 0.316. The third-order valence-electron chi connectivity index (χ3n) is 4.35. The number of para-hydroxylation sites is 1. The van der Waals surface area contributed by atoms with Crippen molar-refractivity contribution in [1.82, 2.24) is 4.72 Å². The van der Waals surface area contributed by atoms with Crippen molar-refractivity contribution in [1.29, 1.82) is 0 Å². The van der Waals surface area contributed by atoms with Crippen LogP contribution in [0.5, 0.6) is 0 Å². The highest BCUT2D eigenvalue weighted by Gasteiger charge is 2.24. The molecule has 5 nitrogen and oxygen atoms in total. The summed E-state index contributed by atoms with van der Waals surface area (Å²) in [5.41, 5.74) is 3.12. The number of fused-ring (bicyclic) bond motifs is 1. The largest absolute Gasteiger partial charge is 0.311 e. The fourth-order valence-corrected chi connectivity index (χ4v) is 4.06. The quantitative estimate of drug-likeness (QED) is 0.824. The van der Waals surface area contributed by atoms with E-state index in [9.17, 15) is 13.2 Å². The molecule has 6 heteroatoms. The molecule has 132 valence electrons. The molecule has 0 aromatic heterocycles. The van der Waals surface area contributed by atoms with Crippen molar-refractivity contribution < 1.29 is 13.2 Å². The van der Waals surface area contributed by atoms with E-state index < -0.39 is 10.0 Å². The van der Waals surface area contributed by atoms with Crippen LogP contribution in [0.1, 0.15) is 17.5 Å². The summed E-state index contributed by atoms with van der Waals surface area (Å²) in [5.74, 6) is -0.192. The zero-order chi connectivity index (χ0) is 17.7. The highest BCUT2D eigenvalue weighted by Crippen LogP contribution is 2.27. The summed E-state index contributed by atoms with van der Waals surface area (Å²) in [6.45, 7) is 0.413. The average Bonchev–Trinajstić information content (AvgIpc) is 3.05. The van der Waals surface area contributed by atoms with Crippen LogP contribution >= 0.6 is 0 Å². The zero-order valence-corrected chi connectivity index (χ0v) is 14.8. The molecule has 1 amide bonds. The molecule has 1 heterocycles. The number of nitrogens with one attached hydrogen (secondary N) is 1. The summed E-state index contributed by atoms with van der Waals surface area (Å²) in [4.78, 5) is 14.0. The van der Waals surface area contributed by atoms with Gasteiger partial charge in [0.05, 0.1) is 12.3 Å². The normalized spacial score (nSPS) is 13.7. The second-order valence-corrected chi connectivity index (χ2v) is 8.08. The van der Waals surface area contributed by atoms with Gasteiger partial charge in [-0.3, -0.25) is 4.79 Å². The van der Waals surface area contributed by atoms with Crippen molar-refractivity contribution >= 4 is 21.6 Å². The van der Waals surface area contributed by atoms with Crippen molar-refractivity contribution in [2.75, 3.05) is 23.7 Å². The molecule has 3 rings (SSSR count). The van der Waals surface area contributed by atoms with Crippen molar-refractivity contribution in [3.05, 3.63) is 65.7 Å². The van der Waals surface area contributed by atoms with Gasteiger partial charge in [0.25, 0.3) is 0 Å². The van der Waals surface area contributed by atoms with Gasteiger partial charge in [-0.2, -0.15) is 0 Å². The van der Waals surface area contributed by atoms with Crippen LogP contribution < -0.4 is 9.62 Å². The van der Waals surface area contributed by atoms with E-state index in [4.69, 9.17) is 0 Å². The maximum absolute atomic E-state index is 12.3. The monoisotopic (exact) mass is 358 g/mol. The number of nitrogens with zero attached hydrogens (tertiary/aromatic N) is 1. The number of sulfonamides is 1. The Bertz CT molecular complexity index is 835. The smallest absolute Gasteiger partial charge is 0.242 e.